The van der Waals surface area contributed by atoms with Crippen LogP contribution in [0.3, 0.4) is 0 Å². The maximum Gasteiger partial charge on any atom is 0.306 e. The summed E-state index contributed by atoms with van der Waals surface area (Å²) in [5.41, 5.74) is 0. The molecule has 0 aliphatic rings. The summed E-state index contributed by atoms with van der Waals surface area (Å²) in [4.78, 5) is 37.7. The third kappa shape index (κ3) is 41.3. The first-order valence-electron chi connectivity index (χ1n) is 23.7. The fourth-order valence-electron chi connectivity index (χ4n) is 6.89. The number of carbonyl (C=O) groups is 3. The van der Waals surface area contributed by atoms with E-state index in [1.807, 2.05) is 0 Å². The van der Waals surface area contributed by atoms with Crippen molar-refractivity contribution in [2.24, 2.45) is 0 Å². The van der Waals surface area contributed by atoms with E-state index in [0.717, 1.165) is 64.2 Å². The van der Waals surface area contributed by atoms with Gasteiger partial charge in [-0.3, -0.25) is 14.4 Å². The summed E-state index contributed by atoms with van der Waals surface area (Å²) >= 11 is 0. The number of hydrogen-bond acceptors (Lipinski definition) is 6. The highest BCUT2D eigenvalue weighted by molar-refractivity contribution is 5.71. The van der Waals surface area contributed by atoms with E-state index < -0.39 is 6.10 Å². The van der Waals surface area contributed by atoms with Gasteiger partial charge in [0.2, 0.25) is 0 Å². The smallest absolute Gasteiger partial charge is 0.306 e. The number of unbranched alkanes of at least 4 members (excludes halogenated alkanes) is 30. The van der Waals surface area contributed by atoms with Gasteiger partial charge in [-0.05, 0) is 38.5 Å². The number of carbonyl (C=O) groups excluding carboxylic acids is 3. The third-order valence-electron chi connectivity index (χ3n) is 10.5. The average molecular weight is 763 g/mol. The lowest BCUT2D eigenvalue weighted by Crippen LogP contribution is -2.30. The van der Waals surface area contributed by atoms with Crippen LogP contribution < -0.4 is 0 Å². The SMILES string of the molecule is CCCC/C=C\CCCCCCCC(=O)O[C@H](COC(=O)CCCCCCCCCCC)COC(=O)CCCCCCCCCCCCCCCCCC. The molecule has 0 saturated carbocycles. The van der Waals surface area contributed by atoms with Crippen molar-refractivity contribution in [3.8, 4) is 0 Å². The van der Waals surface area contributed by atoms with E-state index in [1.54, 1.807) is 0 Å². The van der Waals surface area contributed by atoms with Crippen molar-refractivity contribution < 1.29 is 28.6 Å². The van der Waals surface area contributed by atoms with E-state index in [0.29, 0.717) is 19.3 Å². The molecule has 0 aliphatic heterocycles. The summed E-state index contributed by atoms with van der Waals surface area (Å²) in [6.45, 7) is 6.59. The lowest BCUT2D eigenvalue weighted by molar-refractivity contribution is -0.167. The van der Waals surface area contributed by atoms with E-state index >= 15 is 0 Å². The second kappa shape index (κ2) is 43.9. The zero-order valence-electron chi connectivity index (χ0n) is 36.3. The van der Waals surface area contributed by atoms with Crippen molar-refractivity contribution in [1.82, 2.24) is 0 Å². The number of esters is 3. The standard InChI is InChI=1S/C48H90O6/c1-4-7-10-13-16-19-21-22-23-24-25-27-29-32-35-38-41-47(50)53-44-45(43-52-46(49)40-37-34-31-28-18-15-12-9-6-3)54-48(51)42-39-36-33-30-26-20-17-14-11-8-5-2/h14,17,45H,4-13,15-16,18-44H2,1-3H3/b17-14-/t45-/m1/s1. The van der Waals surface area contributed by atoms with E-state index in [2.05, 4.69) is 32.9 Å². The first-order chi connectivity index (χ1) is 26.5. The highest BCUT2D eigenvalue weighted by Crippen LogP contribution is 2.16. The van der Waals surface area contributed by atoms with E-state index in [1.165, 1.54) is 154 Å². The molecule has 0 radical (unpaired) electrons. The highest BCUT2D eigenvalue weighted by Gasteiger charge is 2.19. The van der Waals surface area contributed by atoms with Crippen molar-refractivity contribution in [2.45, 2.75) is 264 Å². The Morgan fingerprint density at radius 1 is 0.352 bits per heavy atom. The summed E-state index contributed by atoms with van der Waals surface area (Å²) in [6.07, 6.45) is 46.2. The predicted octanol–water partition coefficient (Wildman–Crippen LogP) is 15.0. The molecule has 1 atom stereocenters. The molecule has 0 fully saturated rings. The van der Waals surface area contributed by atoms with Crippen LogP contribution in [0, 0.1) is 0 Å². The number of hydrogen-bond donors (Lipinski definition) is 0. The van der Waals surface area contributed by atoms with Gasteiger partial charge in [-0.15, -0.1) is 0 Å². The molecule has 0 aromatic carbocycles. The van der Waals surface area contributed by atoms with Crippen molar-refractivity contribution in [3.05, 3.63) is 12.2 Å². The third-order valence-corrected chi connectivity index (χ3v) is 10.5. The lowest BCUT2D eigenvalue weighted by atomic mass is 10.0. The summed E-state index contributed by atoms with van der Waals surface area (Å²) in [5.74, 6) is -0.871. The molecule has 6 nitrogen and oxygen atoms in total. The Morgan fingerprint density at radius 3 is 0.981 bits per heavy atom. The van der Waals surface area contributed by atoms with Gasteiger partial charge >= 0.3 is 17.9 Å². The fourth-order valence-corrected chi connectivity index (χ4v) is 6.89. The van der Waals surface area contributed by atoms with Crippen LogP contribution in [0.4, 0.5) is 0 Å². The van der Waals surface area contributed by atoms with E-state index in [-0.39, 0.29) is 31.1 Å². The van der Waals surface area contributed by atoms with Crippen LogP contribution in [0.1, 0.15) is 258 Å². The van der Waals surface area contributed by atoms with Crippen LogP contribution in [0.25, 0.3) is 0 Å². The van der Waals surface area contributed by atoms with Crippen molar-refractivity contribution in [1.29, 1.82) is 0 Å². The molecule has 0 N–H and O–H groups in total. The molecule has 0 aromatic heterocycles. The van der Waals surface area contributed by atoms with Crippen LogP contribution in [0.15, 0.2) is 12.2 Å². The second-order valence-electron chi connectivity index (χ2n) is 16.0. The average Bonchev–Trinajstić information content (AvgIpc) is 3.17. The highest BCUT2D eigenvalue weighted by atomic mass is 16.6. The van der Waals surface area contributed by atoms with Crippen LogP contribution in [0.5, 0.6) is 0 Å². The van der Waals surface area contributed by atoms with Gasteiger partial charge in [0.05, 0.1) is 0 Å². The Hall–Kier alpha value is -1.85. The Balaban J connectivity index is 4.28. The van der Waals surface area contributed by atoms with Gasteiger partial charge in [-0.25, -0.2) is 0 Å². The first kappa shape index (κ1) is 52.2. The largest absolute Gasteiger partial charge is 0.462 e. The minimum absolute atomic E-state index is 0.0689. The first-order valence-corrected chi connectivity index (χ1v) is 23.7. The molecule has 54 heavy (non-hydrogen) atoms. The van der Waals surface area contributed by atoms with Gasteiger partial charge < -0.3 is 14.2 Å². The van der Waals surface area contributed by atoms with Crippen LogP contribution in [-0.4, -0.2) is 37.2 Å². The summed E-state index contributed by atoms with van der Waals surface area (Å²) in [6, 6.07) is 0. The van der Waals surface area contributed by atoms with Gasteiger partial charge in [-0.2, -0.15) is 0 Å². The zero-order chi connectivity index (χ0) is 39.4. The fraction of sp³-hybridized carbons (Fsp3) is 0.896. The summed E-state index contributed by atoms with van der Waals surface area (Å²) in [5, 5.41) is 0. The molecule has 318 valence electrons. The quantitative estimate of drug-likeness (QED) is 0.0266. The lowest BCUT2D eigenvalue weighted by Gasteiger charge is -2.18. The summed E-state index contributed by atoms with van der Waals surface area (Å²) in [7, 11) is 0. The van der Waals surface area contributed by atoms with Crippen molar-refractivity contribution in [2.75, 3.05) is 13.2 Å². The van der Waals surface area contributed by atoms with Gasteiger partial charge in [0, 0.05) is 19.3 Å². The summed E-state index contributed by atoms with van der Waals surface area (Å²) < 4.78 is 16.7. The molecule has 0 unspecified atom stereocenters. The topological polar surface area (TPSA) is 78.9 Å². The Bertz CT molecular complexity index is 839. The molecule has 0 heterocycles. The second-order valence-corrected chi connectivity index (χ2v) is 16.0. The van der Waals surface area contributed by atoms with E-state index in [9.17, 15) is 14.4 Å². The van der Waals surface area contributed by atoms with Crippen LogP contribution in [0.2, 0.25) is 0 Å². The normalized spacial score (nSPS) is 12.0. The zero-order valence-corrected chi connectivity index (χ0v) is 36.3. The van der Waals surface area contributed by atoms with E-state index in [4.69, 9.17) is 14.2 Å². The molecular weight excluding hydrogens is 673 g/mol. The van der Waals surface area contributed by atoms with Gasteiger partial charge in [0.1, 0.15) is 13.2 Å². The maximum atomic E-state index is 12.7. The number of rotatable bonds is 43. The minimum atomic E-state index is -0.765. The van der Waals surface area contributed by atoms with Gasteiger partial charge in [0.15, 0.2) is 6.10 Å². The van der Waals surface area contributed by atoms with Crippen molar-refractivity contribution >= 4 is 17.9 Å². The molecule has 0 bridgehead atoms. The number of ether oxygens (including phenoxy) is 3. The number of allylic oxidation sites excluding steroid dienone is 2. The van der Waals surface area contributed by atoms with Crippen LogP contribution in [-0.2, 0) is 28.6 Å². The predicted molar refractivity (Wildman–Crippen MR) is 229 cm³/mol. The monoisotopic (exact) mass is 763 g/mol. The Morgan fingerprint density at radius 2 is 0.630 bits per heavy atom. The molecule has 6 heteroatoms. The molecule has 0 rings (SSSR count). The molecule has 0 aliphatic carbocycles. The Kier molecular flexibility index (Phi) is 42.4. The Labute approximate surface area is 335 Å². The molecule has 0 spiro atoms. The maximum absolute atomic E-state index is 12.7. The van der Waals surface area contributed by atoms with Gasteiger partial charge in [-0.1, -0.05) is 213 Å². The van der Waals surface area contributed by atoms with Crippen molar-refractivity contribution in [3.63, 3.8) is 0 Å². The molecule has 0 amide bonds. The molecular formula is C48H90O6. The van der Waals surface area contributed by atoms with Gasteiger partial charge in [0.25, 0.3) is 0 Å². The minimum Gasteiger partial charge on any atom is -0.462 e. The molecule has 0 saturated heterocycles. The molecule has 0 aromatic rings. The van der Waals surface area contributed by atoms with Crippen LogP contribution >= 0.6 is 0 Å².